The molecule has 186 valence electrons. The van der Waals surface area contributed by atoms with Gasteiger partial charge in [0.25, 0.3) is 11.6 Å². The Morgan fingerprint density at radius 2 is 1.64 bits per heavy atom. The molecule has 1 amide bonds. The van der Waals surface area contributed by atoms with Crippen LogP contribution in [0, 0.1) is 20.2 Å². The van der Waals surface area contributed by atoms with Crippen molar-refractivity contribution in [3.05, 3.63) is 97.6 Å². The van der Waals surface area contributed by atoms with Crippen LogP contribution >= 0.6 is 0 Å². The minimum Gasteiger partial charge on any atom is -0.497 e. The van der Waals surface area contributed by atoms with Crippen LogP contribution in [0.15, 0.2) is 65.8 Å². The van der Waals surface area contributed by atoms with Gasteiger partial charge in [-0.3, -0.25) is 25.0 Å². The molecule has 0 fully saturated rings. The van der Waals surface area contributed by atoms with E-state index in [0.717, 1.165) is 24.4 Å². The Bertz CT molecular complexity index is 1340. The highest BCUT2D eigenvalue weighted by Gasteiger charge is 2.33. The van der Waals surface area contributed by atoms with Crippen LogP contribution in [-0.2, 0) is 6.18 Å². The number of amides is 1. The number of halogens is 3. The Kier molecular flexibility index (Phi) is 7.47. The maximum atomic E-state index is 13.0. The first-order chi connectivity index (χ1) is 17.0. The predicted molar refractivity (Wildman–Crippen MR) is 119 cm³/mol. The summed E-state index contributed by atoms with van der Waals surface area (Å²) in [7, 11) is 1.37. The third-order valence-electron chi connectivity index (χ3n) is 4.63. The summed E-state index contributed by atoms with van der Waals surface area (Å²) in [5.74, 6) is -0.855. The number of nitrogens with zero attached hydrogens (tertiary/aromatic N) is 3. The first-order valence-electron chi connectivity index (χ1n) is 9.79. The van der Waals surface area contributed by atoms with E-state index in [-0.39, 0.29) is 22.6 Å². The molecule has 0 unspecified atom stereocenters. The molecule has 3 rings (SSSR count). The van der Waals surface area contributed by atoms with E-state index in [0.29, 0.717) is 17.9 Å². The van der Waals surface area contributed by atoms with Gasteiger partial charge in [0.1, 0.15) is 11.5 Å². The summed E-state index contributed by atoms with van der Waals surface area (Å²) in [6, 6.07) is 10.8. The highest BCUT2D eigenvalue weighted by atomic mass is 19.4. The fraction of sp³-hybridized carbons (Fsp3) is 0.0909. The summed E-state index contributed by atoms with van der Waals surface area (Å²) in [4.78, 5) is 32.7. The normalized spacial score (nSPS) is 11.2. The van der Waals surface area contributed by atoms with Gasteiger partial charge in [-0.25, -0.2) is 5.43 Å². The van der Waals surface area contributed by atoms with Crippen molar-refractivity contribution >= 4 is 23.5 Å². The molecule has 36 heavy (non-hydrogen) atoms. The van der Waals surface area contributed by atoms with Crippen LogP contribution in [0.25, 0.3) is 0 Å². The number of non-ortho nitro benzene ring substituents is 1. The molecule has 0 heterocycles. The number of hydrazone groups is 1. The average Bonchev–Trinajstić information content (AvgIpc) is 2.84. The molecule has 0 aliphatic heterocycles. The third-order valence-corrected chi connectivity index (χ3v) is 4.63. The fourth-order valence-electron chi connectivity index (χ4n) is 2.85. The second kappa shape index (κ2) is 10.5. The summed E-state index contributed by atoms with van der Waals surface area (Å²) in [6.07, 6.45) is -3.67. The van der Waals surface area contributed by atoms with Crippen molar-refractivity contribution in [3.63, 3.8) is 0 Å². The van der Waals surface area contributed by atoms with Crippen LogP contribution in [0.3, 0.4) is 0 Å². The van der Waals surface area contributed by atoms with Gasteiger partial charge >= 0.3 is 11.9 Å². The molecule has 3 aromatic carbocycles. The highest BCUT2D eigenvalue weighted by molar-refractivity contribution is 5.95. The largest absolute Gasteiger partial charge is 0.497 e. The number of hydrogen-bond donors (Lipinski definition) is 1. The van der Waals surface area contributed by atoms with Crippen molar-refractivity contribution in [2.24, 2.45) is 5.10 Å². The summed E-state index contributed by atoms with van der Waals surface area (Å²) in [6.45, 7) is 0. The molecule has 0 bridgehead atoms. The molecule has 0 aliphatic carbocycles. The molecule has 0 radical (unpaired) electrons. The van der Waals surface area contributed by atoms with Crippen molar-refractivity contribution in [1.29, 1.82) is 0 Å². The van der Waals surface area contributed by atoms with E-state index in [4.69, 9.17) is 9.47 Å². The van der Waals surface area contributed by atoms with Gasteiger partial charge in [0.15, 0.2) is 0 Å². The summed E-state index contributed by atoms with van der Waals surface area (Å²) in [5, 5.41) is 25.8. The number of hydrogen-bond acceptors (Lipinski definition) is 8. The Hall–Kier alpha value is -5.01. The maximum absolute atomic E-state index is 13.0. The second-order valence-corrected chi connectivity index (χ2v) is 6.95. The van der Waals surface area contributed by atoms with Crippen LogP contribution < -0.4 is 14.9 Å². The van der Waals surface area contributed by atoms with Gasteiger partial charge in [0, 0.05) is 29.3 Å². The van der Waals surface area contributed by atoms with Crippen LogP contribution in [-0.4, -0.2) is 29.1 Å². The van der Waals surface area contributed by atoms with Gasteiger partial charge in [-0.15, -0.1) is 0 Å². The average molecular weight is 504 g/mol. The number of nitrogens with one attached hydrogen (secondary N) is 1. The fourth-order valence-corrected chi connectivity index (χ4v) is 2.85. The molecular formula is C22H15F3N4O7. The molecule has 0 atom stereocenters. The molecular weight excluding hydrogens is 489 g/mol. The van der Waals surface area contributed by atoms with Crippen molar-refractivity contribution in [2.75, 3.05) is 7.11 Å². The number of alkyl halides is 3. The molecule has 0 aromatic heterocycles. The van der Waals surface area contributed by atoms with Gasteiger partial charge in [0.05, 0.1) is 28.7 Å². The molecule has 1 N–H and O–H groups in total. The monoisotopic (exact) mass is 504 g/mol. The second-order valence-electron chi connectivity index (χ2n) is 6.95. The number of carbonyl (C=O) groups excluding carboxylic acids is 1. The van der Waals surface area contributed by atoms with Gasteiger partial charge in [-0.2, -0.15) is 18.3 Å². The predicted octanol–water partition coefficient (Wildman–Crippen LogP) is 5.09. The number of benzene rings is 3. The Morgan fingerprint density at radius 1 is 0.972 bits per heavy atom. The molecule has 3 aromatic rings. The lowest BCUT2D eigenvalue weighted by Crippen LogP contribution is -2.17. The first-order valence-corrected chi connectivity index (χ1v) is 9.79. The quantitative estimate of drug-likeness (QED) is 0.255. The summed E-state index contributed by atoms with van der Waals surface area (Å²) in [5.41, 5.74) is 0.126. The van der Waals surface area contributed by atoms with Crippen LogP contribution in [0.1, 0.15) is 21.5 Å². The van der Waals surface area contributed by atoms with Gasteiger partial charge < -0.3 is 9.47 Å². The number of carbonyl (C=O) groups is 1. The lowest BCUT2D eigenvalue weighted by molar-refractivity contribution is -0.385. The summed E-state index contributed by atoms with van der Waals surface area (Å²) >= 11 is 0. The van der Waals surface area contributed by atoms with E-state index < -0.39 is 38.9 Å². The van der Waals surface area contributed by atoms with E-state index >= 15 is 0 Å². The van der Waals surface area contributed by atoms with Gasteiger partial charge in [0.2, 0.25) is 5.75 Å². The van der Waals surface area contributed by atoms with Crippen molar-refractivity contribution in [2.45, 2.75) is 6.18 Å². The van der Waals surface area contributed by atoms with Crippen LogP contribution in [0.4, 0.5) is 24.5 Å². The Morgan fingerprint density at radius 3 is 2.22 bits per heavy atom. The van der Waals surface area contributed by atoms with Crippen molar-refractivity contribution in [3.8, 4) is 17.2 Å². The molecule has 0 aliphatic rings. The lowest BCUT2D eigenvalue weighted by Gasteiger charge is -2.12. The topological polar surface area (TPSA) is 146 Å². The summed E-state index contributed by atoms with van der Waals surface area (Å²) < 4.78 is 49.5. The van der Waals surface area contributed by atoms with Gasteiger partial charge in [-0.1, -0.05) is 0 Å². The Balaban J connectivity index is 1.86. The molecule has 14 heteroatoms. The maximum Gasteiger partial charge on any atom is 0.416 e. The zero-order valence-electron chi connectivity index (χ0n) is 18.2. The SMILES string of the molecule is COc1ccc(Oc2ccc(C(F)(F)F)cc2[N+](=O)[O-])c(/C=N\NC(=O)c2ccc([N+](=O)[O-])cc2)c1. The van der Waals surface area contributed by atoms with E-state index in [2.05, 4.69) is 10.5 Å². The molecule has 0 saturated carbocycles. The smallest absolute Gasteiger partial charge is 0.416 e. The van der Waals surface area contributed by atoms with Crippen LogP contribution in [0.5, 0.6) is 17.2 Å². The van der Waals surface area contributed by atoms with E-state index in [1.807, 2.05) is 0 Å². The van der Waals surface area contributed by atoms with Crippen LogP contribution in [0.2, 0.25) is 0 Å². The number of methoxy groups -OCH3 is 1. The van der Waals surface area contributed by atoms with Gasteiger partial charge in [-0.05, 0) is 42.5 Å². The van der Waals surface area contributed by atoms with E-state index in [1.54, 1.807) is 0 Å². The lowest BCUT2D eigenvalue weighted by atomic mass is 10.1. The number of rotatable bonds is 8. The standard InChI is InChI=1S/C22H15F3N4O7/c1-35-17-7-9-19(36-20-8-4-15(22(23,24)25)11-18(20)29(33)34)14(10-17)12-26-27-21(30)13-2-5-16(6-3-13)28(31)32/h2-12H,1H3,(H,27,30)/b26-12-. The minimum atomic E-state index is -4.79. The van der Waals surface area contributed by atoms with E-state index in [9.17, 15) is 38.2 Å². The Labute approximate surface area is 200 Å². The third kappa shape index (κ3) is 6.11. The number of nitro groups is 2. The zero-order valence-corrected chi connectivity index (χ0v) is 18.2. The van der Waals surface area contributed by atoms with E-state index in [1.165, 1.54) is 37.4 Å². The first kappa shape index (κ1) is 25.6. The number of nitro benzene ring substituents is 2. The number of ether oxygens (including phenoxy) is 2. The molecule has 0 saturated heterocycles. The highest BCUT2D eigenvalue weighted by Crippen LogP contribution is 2.38. The van der Waals surface area contributed by atoms with Crippen molar-refractivity contribution < 1.29 is 37.3 Å². The minimum absolute atomic E-state index is 0.0352. The van der Waals surface area contributed by atoms with Crippen molar-refractivity contribution in [1.82, 2.24) is 5.43 Å². The molecule has 0 spiro atoms. The zero-order chi connectivity index (χ0) is 26.5. The molecule has 11 nitrogen and oxygen atoms in total.